The average molecular weight is 376 g/mol. The lowest BCUT2D eigenvalue weighted by molar-refractivity contribution is -0.304. The van der Waals surface area contributed by atoms with Crippen LogP contribution >= 0.6 is 0 Å². The van der Waals surface area contributed by atoms with Gasteiger partial charge >= 0.3 is 0 Å². The van der Waals surface area contributed by atoms with Gasteiger partial charge in [0.25, 0.3) is 0 Å². The fraction of sp³-hybridized carbons (Fsp3) is 0.182. The van der Waals surface area contributed by atoms with Crippen molar-refractivity contribution in [3.05, 3.63) is 53.9 Å². The van der Waals surface area contributed by atoms with E-state index in [0.717, 1.165) is 0 Å². The molecule has 3 rings (SSSR count). The number of oxazole rings is 1. The van der Waals surface area contributed by atoms with Gasteiger partial charge in [0.1, 0.15) is 12.1 Å². The summed E-state index contributed by atoms with van der Waals surface area (Å²) in [5.41, 5.74) is 2.32. The van der Waals surface area contributed by atoms with Gasteiger partial charge in [-0.05, 0) is 42.8 Å². The summed E-state index contributed by atoms with van der Waals surface area (Å²) in [5, 5.41) is 11.2. The lowest BCUT2D eigenvalue weighted by Gasteiger charge is -2.11. The second kappa shape index (κ2) is 8.78. The Labute approximate surface area is 162 Å². The predicted molar refractivity (Wildman–Crippen MR) is 103 cm³/mol. The molecule has 1 aromatic heterocycles. The number of aromatic nitrogens is 1. The van der Waals surface area contributed by atoms with E-state index in [2.05, 4.69) is 10.9 Å². The Bertz CT molecular complexity index is 1030. The van der Waals surface area contributed by atoms with E-state index in [1.54, 1.807) is 36.4 Å². The number of carbonyl (C=O) groups excluding carboxylic acids is 1. The van der Waals surface area contributed by atoms with E-state index in [4.69, 9.17) is 20.3 Å². The topological polar surface area (TPSA) is 84.6 Å². The molecule has 0 spiro atoms. The van der Waals surface area contributed by atoms with E-state index in [-0.39, 0.29) is 18.9 Å². The van der Waals surface area contributed by atoms with Gasteiger partial charge in [0.15, 0.2) is 17.1 Å². The van der Waals surface area contributed by atoms with Crippen LogP contribution in [0.5, 0.6) is 11.5 Å². The lowest BCUT2D eigenvalue weighted by atomic mass is 10.1. The number of carbonyl (C=O) groups is 1. The summed E-state index contributed by atoms with van der Waals surface area (Å²) < 4.78 is 16.8. The van der Waals surface area contributed by atoms with Gasteiger partial charge in [0.05, 0.1) is 6.61 Å². The number of para-hydroxylation sites is 2. The Morgan fingerprint density at radius 3 is 2.79 bits per heavy atom. The Kier molecular flexibility index (Phi) is 5.97. The summed E-state index contributed by atoms with van der Waals surface area (Å²) in [6.07, 6.45) is 6.57. The number of carboxylic acids is 1. The SMILES string of the molecule is C#CCOc1ccc(/C=C(\CC(=O)[O-])c2nc3ccccc3o2)cc1OCC. The second-order valence-electron chi connectivity index (χ2n) is 5.84. The van der Waals surface area contributed by atoms with E-state index in [0.29, 0.717) is 40.3 Å². The van der Waals surface area contributed by atoms with E-state index >= 15 is 0 Å². The molecular weight excluding hydrogens is 358 g/mol. The highest BCUT2D eigenvalue weighted by molar-refractivity contribution is 5.90. The minimum absolute atomic E-state index is 0.119. The van der Waals surface area contributed by atoms with Crippen LogP contribution in [0.25, 0.3) is 22.7 Å². The zero-order valence-corrected chi connectivity index (χ0v) is 15.3. The fourth-order valence-electron chi connectivity index (χ4n) is 2.68. The molecule has 0 saturated heterocycles. The first-order chi connectivity index (χ1) is 13.6. The minimum Gasteiger partial charge on any atom is -0.550 e. The van der Waals surface area contributed by atoms with Gasteiger partial charge < -0.3 is 23.8 Å². The van der Waals surface area contributed by atoms with Crippen molar-refractivity contribution >= 4 is 28.7 Å². The number of benzene rings is 2. The molecule has 0 unspecified atom stereocenters. The van der Waals surface area contributed by atoms with Crippen LogP contribution in [0.1, 0.15) is 24.8 Å². The standard InChI is InChI=1S/C22H19NO5/c1-3-11-27-19-10-9-15(13-20(19)26-4-2)12-16(14-21(24)25)22-23-17-7-5-6-8-18(17)28-22/h1,5-10,12-13H,4,11,14H2,2H3,(H,24,25)/p-1/b16-12+. The Morgan fingerprint density at radius 2 is 2.07 bits per heavy atom. The van der Waals surface area contributed by atoms with E-state index in [1.807, 2.05) is 19.1 Å². The maximum absolute atomic E-state index is 11.2. The van der Waals surface area contributed by atoms with Crippen LogP contribution in [-0.4, -0.2) is 24.2 Å². The molecule has 0 N–H and O–H groups in total. The summed E-state index contributed by atoms with van der Waals surface area (Å²) in [7, 11) is 0. The molecular formula is C22H18NO5-. The molecule has 0 atom stereocenters. The van der Waals surface area contributed by atoms with E-state index in [1.165, 1.54) is 0 Å². The van der Waals surface area contributed by atoms with Crippen molar-refractivity contribution in [1.82, 2.24) is 4.98 Å². The molecule has 0 radical (unpaired) electrons. The van der Waals surface area contributed by atoms with E-state index < -0.39 is 5.97 Å². The first-order valence-electron chi connectivity index (χ1n) is 8.70. The third kappa shape index (κ3) is 4.51. The van der Waals surface area contributed by atoms with Gasteiger partial charge in [-0.3, -0.25) is 0 Å². The maximum Gasteiger partial charge on any atom is 0.223 e. The van der Waals surface area contributed by atoms with Crippen molar-refractivity contribution in [3.8, 4) is 23.8 Å². The highest BCUT2D eigenvalue weighted by Crippen LogP contribution is 2.31. The van der Waals surface area contributed by atoms with Gasteiger partial charge in [-0.2, -0.15) is 0 Å². The van der Waals surface area contributed by atoms with Crippen molar-refractivity contribution in [3.63, 3.8) is 0 Å². The second-order valence-corrected chi connectivity index (χ2v) is 5.84. The number of aliphatic carboxylic acids is 1. The first-order valence-corrected chi connectivity index (χ1v) is 8.70. The van der Waals surface area contributed by atoms with Crippen molar-refractivity contribution < 1.29 is 23.8 Å². The molecule has 0 aliphatic rings. The molecule has 6 nitrogen and oxygen atoms in total. The van der Waals surface area contributed by atoms with Gasteiger partial charge in [-0.25, -0.2) is 4.98 Å². The number of terminal acetylenes is 1. The number of rotatable bonds is 8. The molecule has 0 fully saturated rings. The molecule has 0 bridgehead atoms. The van der Waals surface area contributed by atoms with Gasteiger partial charge in [-0.1, -0.05) is 24.1 Å². The smallest absolute Gasteiger partial charge is 0.223 e. The zero-order chi connectivity index (χ0) is 19.9. The highest BCUT2D eigenvalue weighted by atomic mass is 16.5. The third-order valence-electron chi connectivity index (χ3n) is 3.82. The van der Waals surface area contributed by atoms with Gasteiger partial charge in [0, 0.05) is 18.0 Å². The van der Waals surface area contributed by atoms with Crippen LogP contribution in [0.2, 0.25) is 0 Å². The van der Waals surface area contributed by atoms with Crippen LogP contribution in [-0.2, 0) is 4.79 Å². The molecule has 0 saturated carbocycles. The molecule has 6 heteroatoms. The summed E-state index contributed by atoms with van der Waals surface area (Å²) in [4.78, 5) is 15.6. The van der Waals surface area contributed by atoms with Crippen LogP contribution in [0.4, 0.5) is 0 Å². The number of nitrogens with zero attached hydrogens (tertiary/aromatic N) is 1. The van der Waals surface area contributed by atoms with Crippen LogP contribution in [0, 0.1) is 12.3 Å². The number of fused-ring (bicyclic) bond motifs is 1. The van der Waals surface area contributed by atoms with Gasteiger partial charge in [-0.15, -0.1) is 6.42 Å². The van der Waals surface area contributed by atoms with Crippen molar-refractivity contribution in [2.24, 2.45) is 0 Å². The quantitative estimate of drug-likeness (QED) is 0.562. The Hall–Kier alpha value is -3.72. The lowest BCUT2D eigenvalue weighted by Crippen LogP contribution is -2.22. The fourth-order valence-corrected chi connectivity index (χ4v) is 2.68. The van der Waals surface area contributed by atoms with Crippen molar-refractivity contribution in [2.45, 2.75) is 13.3 Å². The highest BCUT2D eigenvalue weighted by Gasteiger charge is 2.13. The maximum atomic E-state index is 11.2. The zero-order valence-electron chi connectivity index (χ0n) is 15.3. The molecule has 2 aromatic carbocycles. The summed E-state index contributed by atoms with van der Waals surface area (Å²) in [6, 6.07) is 12.5. The molecule has 0 amide bonds. The predicted octanol–water partition coefficient (Wildman–Crippen LogP) is 2.92. The normalized spacial score (nSPS) is 11.2. The first kappa shape index (κ1) is 19.1. The summed E-state index contributed by atoms with van der Waals surface area (Å²) in [6.45, 7) is 2.41. The molecule has 28 heavy (non-hydrogen) atoms. The molecule has 142 valence electrons. The number of ether oxygens (including phenoxy) is 2. The summed E-state index contributed by atoms with van der Waals surface area (Å²) in [5.74, 6) is 2.43. The minimum atomic E-state index is -1.23. The Balaban J connectivity index is 2.01. The van der Waals surface area contributed by atoms with Crippen molar-refractivity contribution in [1.29, 1.82) is 0 Å². The number of carboxylic acid groups (broad SMARTS) is 1. The summed E-state index contributed by atoms with van der Waals surface area (Å²) >= 11 is 0. The molecule has 0 aliphatic heterocycles. The average Bonchev–Trinajstić information content (AvgIpc) is 3.11. The van der Waals surface area contributed by atoms with Gasteiger partial charge in [0.2, 0.25) is 5.89 Å². The van der Waals surface area contributed by atoms with Crippen LogP contribution < -0.4 is 14.6 Å². The molecule has 1 heterocycles. The Morgan fingerprint density at radius 1 is 1.25 bits per heavy atom. The number of hydrogen-bond donors (Lipinski definition) is 0. The largest absolute Gasteiger partial charge is 0.550 e. The van der Waals surface area contributed by atoms with Crippen molar-refractivity contribution in [2.75, 3.05) is 13.2 Å². The molecule has 3 aromatic rings. The van der Waals surface area contributed by atoms with Crippen LogP contribution in [0.3, 0.4) is 0 Å². The monoisotopic (exact) mass is 376 g/mol. The third-order valence-corrected chi connectivity index (χ3v) is 3.82. The van der Waals surface area contributed by atoms with E-state index in [9.17, 15) is 9.90 Å². The molecule has 0 aliphatic carbocycles. The van der Waals surface area contributed by atoms with Crippen LogP contribution in [0.15, 0.2) is 46.9 Å². The number of hydrogen-bond acceptors (Lipinski definition) is 6.